The maximum absolute atomic E-state index is 4.08. The van der Waals surface area contributed by atoms with E-state index in [1.54, 1.807) is 11.3 Å². The van der Waals surface area contributed by atoms with E-state index in [0.717, 1.165) is 18.4 Å². The molecule has 11 heavy (non-hydrogen) atoms. The van der Waals surface area contributed by atoms with Crippen LogP contribution in [0.5, 0.6) is 0 Å². The average Bonchev–Trinajstić information content (AvgIpc) is 2.61. The van der Waals surface area contributed by atoms with E-state index in [9.17, 15) is 0 Å². The van der Waals surface area contributed by atoms with Crippen LogP contribution in [-0.2, 0) is 0 Å². The Kier molecular flexibility index (Phi) is 1.92. The molecule has 0 saturated heterocycles. The van der Waals surface area contributed by atoms with Crippen LogP contribution in [0.1, 0.15) is 17.2 Å². The molecule has 2 atom stereocenters. The number of rotatable bonds is 3. The lowest BCUT2D eigenvalue weighted by atomic mass is 10.3. The summed E-state index contributed by atoms with van der Waals surface area (Å²) in [6.45, 7) is 1.16. The van der Waals surface area contributed by atoms with E-state index in [1.165, 1.54) is 11.3 Å². The molecule has 2 unspecified atom stereocenters. The number of hydrogen-bond acceptors (Lipinski definition) is 3. The molecule has 2 rings (SSSR count). The summed E-state index contributed by atoms with van der Waals surface area (Å²) >= 11 is 1.78. The summed E-state index contributed by atoms with van der Waals surface area (Å²) in [5.74, 6) is 1.69. The van der Waals surface area contributed by atoms with Gasteiger partial charge < -0.3 is 5.32 Å². The lowest BCUT2D eigenvalue weighted by Crippen LogP contribution is -2.09. The fourth-order valence-electron chi connectivity index (χ4n) is 1.49. The summed E-state index contributed by atoms with van der Waals surface area (Å²) in [6.07, 6.45) is 3.36. The van der Waals surface area contributed by atoms with Crippen molar-refractivity contribution in [3.63, 3.8) is 0 Å². The molecule has 0 spiro atoms. The number of nitrogens with one attached hydrogen (secondary N) is 1. The predicted molar refractivity (Wildman–Crippen MR) is 46.9 cm³/mol. The highest BCUT2D eigenvalue weighted by Crippen LogP contribution is 2.48. The van der Waals surface area contributed by atoms with Crippen molar-refractivity contribution in [3.8, 4) is 0 Å². The SMILES string of the molecule is CNCC1CC1c1cncs1. The van der Waals surface area contributed by atoms with Crippen molar-refractivity contribution in [2.75, 3.05) is 13.6 Å². The van der Waals surface area contributed by atoms with Gasteiger partial charge in [-0.15, -0.1) is 11.3 Å². The Morgan fingerprint density at radius 3 is 3.36 bits per heavy atom. The second-order valence-corrected chi connectivity index (χ2v) is 3.98. The van der Waals surface area contributed by atoms with Crippen molar-refractivity contribution in [2.45, 2.75) is 12.3 Å². The molecule has 1 aliphatic carbocycles. The van der Waals surface area contributed by atoms with Crippen LogP contribution in [0.25, 0.3) is 0 Å². The monoisotopic (exact) mass is 168 g/mol. The molecule has 60 valence electrons. The first-order chi connectivity index (χ1) is 5.42. The predicted octanol–water partition coefficient (Wildman–Crippen LogP) is 1.47. The molecule has 1 saturated carbocycles. The average molecular weight is 168 g/mol. The van der Waals surface area contributed by atoms with Gasteiger partial charge in [-0.2, -0.15) is 0 Å². The van der Waals surface area contributed by atoms with Crippen molar-refractivity contribution in [1.82, 2.24) is 10.3 Å². The standard InChI is InChI=1S/C8H12N2S/c1-9-3-6-2-7(6)8-4-10-5-11-8/h4-7,9H,2-3H2,1H3. The largest absolute Gasteiger partial charge is 0.319 e. The summed E-state index contributed by atoms with van der Waals surface area (Å²) in [4.78, 5) is 5.54. The van der Waals surface area contributed by atoms with Gasteiger partial charge in [-0.25, -0.2) is 0 Å². The maximum Gasteiger partial charge on any atom is 0.0794 e. The molecule has 3 heteroatoms. The first kappa shape index (κ1) is 7.25. The summed E-state index contributed by atoms with van der Waals surface area (Å²) < 4.78 is 0. The normalized spacial score (nSPS) is 28.8. The molecule has 1 aromatic rings. The molecule has 0 radical (unpaired) electrons. The summed E-state index contributed by atoms with van der Waals surface area (Å²) in [5.41, 5.74) is 1.92. The molecule has 0 amide bonds. The fraction of sp³-hybridized carbons (Fsp3) is 0.625. The van der Waals surface area contributed by atoms with E-state index in [-0.39, 0.29) is 0 Å². The Labute approximate surface area is 70.7 Å². The maximum atomic E-state index is 4.08. The van der Waals surface area contributed by atoms with Gasteiger partial charge in [0.2, 0.25) is 0 Å². The molecule has 0 bridgehead atoms. The smallest absolute Gasteiger partial charge is 0.0794 e. The van der Waals surface area contributed by atoms with E-state index >= 15 is 0 Å². The van der Waals surface area contributed by atoms with Crippen molar-refractivity contribution >= 4 is 11.3 Å². The molecule has 1 fully saturated rings. The van der Waals surface area contributed by atoms with Crippen molar-refractivity contribution in [3.05, 3.63) is 16.6 Å². The van der Waals surface area contributed by atoms with Crippen LogP contribution in [0.4, 0.5) is 0 Å². The Bertz CT molecular complexity index is 220. The third kappa shape index (κ3) is 1.44. The Morgan fingerprint density at radius 2 is 2.73 bits per heavy atom. The van der Waals surface area contributed by atoms with Crippen LogP contribution in [0.2, 0.25) is 0 Å². The second kappa shape index (κ2) is 2.91. The highest BCUT2D eigenvalue weighted by Gasteiger charge is 2.38. The van der Waals surface area contributed by atoms with E-state index in [0.29, 0.717) is 0 Å². The van der Waals surface area contributed by atoms with Crippen LogP contribution in [0.15, 0.2) is 11.7 Å². The Hall–Kier alpha value is -0.410. The first-order valence-electron chi connectivity index (χ1n) is 3.95. The number of thiazole rings is 1. The summed E-state index contributed by atoms with van der Waals surface area (Å²) in [6, 6.07) is 0. The summed E-state index contributed by atoms with van der Waals surface area (Å²) in [5, 5.41) is 3.21. The van der Waals surface area contributed by atoms with Crippen LogP contribution in [0.3, 0.4) is 0 Å². The molecular weight excluding hydrogens is 156 g/mol. The van der Waals surface area contributed by atoms with Crippen molar-refractivity contribution in [2.24, 2.45) is 5.92 Å². The zero-order valence-electron chi connectivity index (χ0n) is 6.58. The van der Waals surface area contributed by atoms with Gasteiger partial charge in [0.05, 0.1) is 5.51 Å². The zero-order chi connectivity index (χ0) is 7.68. The van der Waals surface area contributed by atoms with Crippen LogP contribution >= 0.6 is 11.3 Å². The van der Waals surface area contributed by atoms with E-state index in [1.807, 2.05) is 18.8 Å². The fourth-order valence-corrected chi connectivity index (χ4v) is 2.32. The number of nitrogens with zero attached hydrogens (tertiary/aromatic N) is 1. The van der Waals surface area contributed by atoms with Gasteiger partial charge in [-0.3, -0.25) is 4.98 Å². The molecule has 0 aliphatic heterocycles. The molecular formula is C8H12N2S. The minimum absolute atomic E-state index is 0.815. The minimum atomic E-state index is 0.815. The molecule has 1 aromatic heterocycles. The van der Waals surface area contributed by atoms with Gasteiger partial charge in [0, 0.05) is 11.1 Å². The highest BCUT2D eigenvalue weighted by molar-refractivity contribution is 7.09. The summed E-state index contributed by atoms with van der Waals surface area (Å²) in [7, 11) is 2.02. The second-order valence-electron chi connectivity index (χ2n) is 3.06. The Morgan fingerprint density at radius 1 is 1.82 bits per heavy atom. The first-order valence-corrected chi connectivity index (χ1v) is 4.82. The molecule has 1 heterocycles. The lowest BCUT2D eigenvalue weighted by molar-refractivity contribution is 0.700. The minimum Gasteiger partial charge on any atom is -0.319 e. The molecule has 2 nitrogen and oxygen atoms in total. The van der Waals surface area contributed by atoms with Crippen LogP contribution in [-0.4, -0.2) is 18.6 Å². The van der Waals surface area contributed by atoms with Gasteiger partial charge in [0.15, 0.2) is 0 Å². The zero-order valence-corrected chi connectivity index (χ0v) is 7.40. The van der Waals surface area contributed by atoms with Gasteiger partial charge in [0.1, 0.15) is 0 Å². The van der Waals surface area contributed by atoms with Gasteiger partial charge in [-0.1, -0.05) is 0 Å². The third-order valence-electron chi connectivity index (χ3n) is 2.21. The molecule has 1 N–H and O–H groups in total. The van der Waals surface area contributed by atoms with E-state index in [4.69, 9.17) is 0 Å². The van der Waals surface area contributed by atoms with Gasteiger partial charge in [-0.05, 0) is 31.8 Å². The van der Waals surface area contributed by atoms with Crippen molar-refractivity contribution < 1.29 is 0 Å². The Balaban J connectivity index is 1.92. The van der Waals surface area contributed by atoms with E-state index < -0.39 is 0 Å². The van der Waals surface area contributed by atoms with E-state index in [2.05, 4.69) is 10.3 Å². The number of hydrogen-bond donors (Lipinski definition) is 1. The lowest BCUT2D eigenvalue weighted by Gasteiger charge is -1.94. The number of aromatic nitrogens is 1. The molecule has 0 aromatic carbocycles. The van der Waals surface area contributed by atoms with Crippen LogP contribution < -0.4 is 5.32 Å². The van der Waals surface area contributed by atoms with Gasteiger partial charge in [0.25, 0.3) is 0 Å². The topological polar surface area (TPSA) is 24.9 Å². The highest BCUT2D eigenvalue weighted by atomic mass is 32.1. The van der Waals surface area contributed by atoms with Crippen LogP contribution in [0, 0.1) is 5.92 Å². The van der Waals surface area contributed by atoms with Gasteiger partial charge >= 0.3 is 0 Å². The van der Waals surface area contributed by atoms with Crippen molar-refractivity contribution in [1.29, 1.82) is 0 Å². The molecule has 1 aliphatic rings. The third-order valence-corrected chi connectivity index (χ3v) is 3.11. The quantitative estimate of drug-likeness (QED) is 0.739.